The van der Waals surface area contributed by atoms with Gasteiger partial charge in [0.2, 0.25) is 5.91 Å². The number of rotatable bonds is 4. The Kier molecular flexibility index (Phi) is 4.76. The molecule has 0 spiro atoms. The Morgan fingerprint density at radius 3 is 3.00 bits per heavy atom. The van der Waals surface area contributed by atoms with Crippen molar-refractivity contribution >= 4 is 34.0 Å². The molecule has 1 aromatic carbocycles. The molecule has 8 heteroatoms. The van der Waals surface area contributed by atoms with E-state index >= 15 is 0 Å². The number of carbonyl (C=O) groups is 1. The Balaban J connectivity index is 1.49. The van der Waals surface area contributed by atoms with Crippen molar-refractivity contribution in [1.82, 2.24) is 20.1 Å². The van der Waals surface area contributed by atoms with Crippen LogP contribution in [0.1, 0.15) is 11.5 Å². The number of benzene rings is 1. The topological polar surface area (TPSA) is 71.8 Å². The molecule has 3 aromatic rings. The van der Waals surface area contributed by atoms with E-state index in [2.05, 4.69) is 20.7 Å². The number of carbonyl (C=O) groups excluding carboxylic acids is 1. The van der Waals surface area contributed by atoms with Crippen molar-refractivity contribution in [2.75, 3.05) is 18.4 Å². The SMILES string of the molecule is Cn1cc([C@H]2CNC[C@@H]2C(=O)Nc2nc(-c3ccccc3Cl)cs2)cn1. The molecule has 1 aliphatic rings. The van der Waals surface area contributed by atoms with Gasteiger partial charge in [-0.05, 0) is 11.6 Å². The van der Waals surface area contributed by atoms with E-state index in [1.54, 1.807) is 4.68 Å². The van der Waals surface area contributed by atoms with Gasteiger partial charge in [-0.2, -0.15) is 5.10 Å². The summed E-state index contributed by atoms with van der Waals surface area (Å²) in [6, 6.07) is 7.55. The summed E-state index contributed by atoms with van der Waals surface area (Å²) < 4.78 is 1.76. The van der Waals surface area contributed by atoms with E-state index in [4.69, 9.17) is 11.6 Å². The first-order chi connectivity index (χ1) is 12.6. The average molecular weight is 388 g/mol. The van der Waals surface area contributed by atoms with Crippen LogP contribution < -0.4 is 10.6 Å². The van der Waals surface area contributed by atoms with Gasteiger partial charge >= 0.3 is 0 Å². The Morgan fingerprint density at radius 1 is 1.38 bits per heavy atom. The van der Waals surface area contributed by atoms with Crippen LogP contribution in [0.4, 0.5) is 5.13 Å². The lowest BCUT2D eigenvalue weighted by Crippen LogP contribution is -2.28. The minimum Gasteiger partial charge on any atom is -0.315 e. The van der Waals surface area contributed by atoms with Crippen molar-refractivity contribution in [3.05, 3.63) is 52.6 Å². The summed E-state index contributed by atoms with van der Waals surface area (Å²) in [6.07, 6.45) is 3.80. The lowest BCUT2D eigenvalue weighted by Gasteiger charge is -2.15. The van der Waals surface area contributed by atoms with E-state index in [1.807, 2.05) is 49.1 Å². The third-order valence-electron chi connectivity index (χ3n) is 4.59. The highest BCUT2D eigenvalue weighted by Crippen LogP contribution is 2.32. The molecule has 0 unspecified atom stereocenters. The molecule has 1 aliphatic heterocycles. The van der Waals surface area contributed by atoms with Gasteiger partial charge in [0.25, 0.3) is 0 Å². The Morgan fingerprint density at radius 2 is 2.23 bits per heavy atom. The van der Waals surface area contributed by atoms with Crippen LogP contribution in [0.3, 0.4) is 0 Å². The van der Waals surface area contributed by atoms with E-state index < -0.39 is 0 Å². The van der Waals surface area contributed by atoms with E-state index in [1.165, 1.54) is 11.3 Å². The van der Waals surface area contributed by atoms with Crippen molar-refractivity contribution < 1.29 is 4.79 Å². The first-order valence-electron chi connectivity index (χ1n) is 8.32. The second-order valence-electron chi connectivity index (χ2n) is 6.33. The van der Waals surface area contributed by atoms with Crippen molar-refractivity contribution in [2.24, 2.45) is 13.0 Å². The van der Waals surface area contributed by atoms with Gasteiger partial charge in [0.15, 0.2) is 5.13 Å². The van der Waals surface area contributed by atoms with E-state index in [-0.39, 0.29) is 17.7 Å². The van der Waals surface area contributed by atoms with Crippen molar-refractivity contribution in [3.63, 3.8) is 0 Å². The quantitative estimate of drug-likeness (QED) is 0.721. The summed E-state index contributed by atoms with van der Waals surface area (Å²) in [4.78, 5) is 17.3. The molecule has 1 fully saturated rings. The van der Waals surface area contributed by atoms with Crippen LogP contribution in [0.15, 0.2) is 42.0 Å². The van der Waals surface area contributed by atoms with Crippen LogP contribution >= 0.6 is 22.9 Å². The molecule has 2 aromatic heterocycles. The fourth-order valence-electron chi connectivity index (χ4n) is 3.26. The molecule has 0 radical (unpaired) electrons. The van der Waals surface area contributed by atoms with Crippen LogP contribution in [0.2, 0.25) is 5.02 Å². The van der Waals surface area contributed by atoms with Gasteiger partial charge < -0.3 is 10.6 Å². The maximum Gasteiger partial charge on any atom is 0.231 e. The molecular weight excluding hydrogens is 370 g/mol. The number of anilines is 1. The van der Waals surface area contributed by atoms with Gasteiger partial charge in [0.05, 0.1) is 17.8 Å². The second kappa shape index (κ2) is 7.19. The van der Waals surface area contributed by atoms with Gasteiger partial charge in [-0.25, -0.2) is 4.98 Å². The number of aryl methyl sites for hydroxylation is 1. The molecule has 2 N–H and O–H groups in total. The molecule has 134 valence electrons. The standard InChI is InChI=1S/C18H18ClN5OS/c1-24-9-11(6-21-24)13-7-20-8-14(13)17(25)23-18-22-16(10-26-18)12-4-2-3-5-15(12)19/h2-6,9-10,13-14,20H,7-8H2,1H3,(H,22,23,25)/t13-,14+/m1/s1. The van der Waals surface area contributed by atoms with E-state index in [9.17, 15) is 4.79 Å². The maximum absolute atomic E-state index is 12.8. The highest BCUT2D eigenvalue weighted by atomic mass is 35.5. The van der Waals surface area contributed by atoms with Crippen molar-refractivity contribution in [2.45, 2.75) is 5.92 Å². The number of nitrogens with one attached hydrogen (secondary N) is 2. The lowest BCUT2D eigenvalue weighted by atomic mass is 9.90. The molecule has 26 heavy (non-hydrogen) atoms. The summed E-state index contributed by atoms with van der Waals surface area (Å²) in [5.74, 6) is -0.0533. The molecular formula is C18H18ClN5OS. The summed E-state index contributed by atoms with van der Waals surface area (Å²) >= 11 is 7.63. The number of hydrogen-bond donors (Lipinski definition) is 2. The third-order valence-corrected chi connectivity index (χ3v) is 5.68. The zero-order chi connectivity index (χ0) is 18.1. The number of amides is 1. The van der Waals surface area contributed by atoms with Crippen LogP contribution in [0.5, 0.6) is 0 Å². The average Bonchev–Trinajstić information content (AvgIpc) is 3.35. The van der Waals surface area contributed by atoms with Gasteiger partial charge in [0, 0.05) is 48.2 Å². The molecule has 1 saturated heterocycles. The molecule has 0 aliphatic carbocycles. The minimum absolute atomic E-state index is 0.0242. The molecule has 1 amide bonds. The fourth-order valence-corrected chi connectivity index (χ4v) is 4.20. The Labute approximate surface area is 160 Å². The molecule has 2 atom stereocenters. The van der Waals surface area contributed by atoms with Crippen LogP contribution in [-0.4, -0.2) is 33.8 Å². The van der Waals surface area contributed by atoms with Crippen LogP contribution in [-0.2, 0) is 11.8 Å². The Bertz CT molecular complexity index is 937. The third kappa shape index (κ3) is 3.38. The minimum atomic E-state index is -0.146. The largest absolute Gasteiger partial charge is 0.315 e. The van der Waals surface area contributed by atoms with Crippen molar-refractivity contribution in [1.29, 1.82) is 0 Å². The monoisotopic (exact) mass is 387 g/mol. The Hall–Kier alpha value is -2.22. The summed E-state index contributed by atoms with van der Waals surface area (Å²) in [5, 5.41) is 13.6. The van der Waals surface area contributed by atoms with E-state index in [0.717, 1.165) is 23.4 Å². The van der Waals surface area contributed by atoms with Crippen molar-refractivity contribution in [3.8, 4) is 11.3 Å². The number of hydrogen-bond acceptors (Lipinski definition) is 5. The van der Waals surface area contributed by atoms with Crippen LogP contribution in [0.25, 0.3) is 11.3 Å². The van der Waals surface area contributed by atoms with Gasteiger partial charge in [0.1, 0.15) is 0 Å². The first kappa shape index (κ1) is 17.2. The highest BCUT2D eigenvalue weighted by molar-refractivity contribution is 7.14. The zero-order valence-corrected chi connectivity index (χ0v) is 15.7. The second-order valence-corrected chi connectivity index (χ2v) is 7.59. The van der Waals surface area contributed by atoms with Crippen LogP contribution in [0, 0.1) is 5.92 Å². The fraction of sp³-hybridized carbons (Fsp3) is 0.278. The summed E-state index contributed by atoms with van der Waals surface area (Å²) in [5.41, 5.74) is 2.71. The number of aromatic nitrogens is 3. The highest BCUT2D eigenvalue weighted by Gasteiger charge is 2.35. The molecule has 3 heterocycles. The molecule has 0 bridgehead atoms. The number of thiazole rings is 1. The normalized spacial score (nSPS) is 19.6. The molecule has 6 nitrogen and oxygen atoms in total. The maximum atomic E-state index is 12.8. The van der Waals surface area contributed by atoms with Gasteiger partial charge in [-0.15, -0.1) is 11.3 Å². The number of nitrogens with zero attached hydrogens (tertiary/aromatic N) is 3. The molecule has 4 rings (SSSR count). The predicted octanol–water partition coefficient (Wildman–Crippen LogP) is 3.14. The first-order valence-corrected chi connectivity index (χ1v) is 9.58. The summed E-state index contributed by atoms with van der Waals surface area (Å²) in [7, 11) is 1.88. The van der Waals surface area contributed by atoms with Gasteiger partial charge in [-0.3, -0.25) is 9.48 Å². The number of halogens is 1. The van der Waals surface area contributed by atoms with E-state index in [0.29, 0.717) is 16.7 Å². The predicted molar refractivity (Wildman–Crippen MR) is 103 cm³/mol. The lowest BCUT2D eigenvalue weighted by molar-refractivity contribution is -0.119. The zero-order valence-electron chi connectivity index (χ0n) is 14.1. The smallest absolute Gasteiger partial charge is 0.231 e. The van der Waals surface area contributed by atoms with Gasteiger partial charge in [-0.1, -0.05) is 29.8 Å². The molecule has 0 saturated carbocycles. The summed E-state index contributed by atoms with van der Waals surface area (Å²) in [6.45, 7) is 1.42.